The van der Waals surface area contributed by atoms with Crippen molar-refractivity contribution in [3.8, 4) is 0 Å². The van der Waals surface area contributed by atoms with Crippen LogP contribution in [0.1, 0.15) is 41.7 Å². The molecule has 0 atom stereocenters. The lowest BCUT2D eigenvalue weighted by Gasteiger charge is -2.12. The second-order valence-corrected chi connectivity index (χ2v) is 5.65. The van der Waals surface area contributed by atoms with Crippen LogP contribution in [0.5, 0.6) is 0 Å². The van der Waals surface area contributed by atoms with Crippen LogP contribution in [0.4, 0.5) is 0 Å². The van der Waals surface area contributed by atoms with E-state index >= 15 is 0 Å². The van der Waals surface area contributed by atoms with Gasteiger partial charge in [-0.25, -0.2) is 4.68 Å². The lowest BCUT2D eigenvalue weighted by Crippen LogP contribution is -2.35. The van der Waals surface area contributed by atoms with Crippen LogP contribution in [0.2, 0.25) is 0 Å². The van der Waals surface area contributed by atoms with Gasteiger partial charge >= 0.3 is 0 Å². The van der Waals surface area contributed by atoms with Crippen LogP contribution in [0, 0.1) is 0 Å². The fourth-order valence-corrected chi connectivity index (χ4v) is 2.77. The molecule has 0 radical (unpaired) electrons. The van der Waals surface area contributed by atoms with Gasteiger partial charge in [-0.3, -0.25) is 9.59 Å². The molecule has 5 heteroatoms. The molecule has 0 unspecified atom stereocenters. The van der Waals surface area contributed by atoms with Gasteiger partial charge in [-0.2, -0.15) is 5.10 Å². The van der Waals surface area contributed by atoms with Gasteiger partial charge in [-0.05, 0) is 24.5 Å². The molecule has 1 aromatic heterocycles. The van der Waals surface area contributed by atoms with Gasteiger partial charge in [0, 0.05) is 12.1 Å². The molecule has 3 rings (SSSR count). The number of rotatable bonds is 4. The van der Waals surface area contributed by atoms with Crippen LogP contribution in [0.15, 0.2) is 47.3 Å². The zero-order valence-electron chi connectivity index (χ0n) is 12.4. The van der Waals surface area contributed by atoms with Crippen LogP contribution in [0.3, 0.4) is 0 Å². The highest BCUT2D eigenvalue weighted by Gasteiger charge is 2.19. The Morgan fingerprint density at radius 2 is 1.86 bits per heavy atom. The molecule has 1 saturated carbocycles. The zero-order valence-corrected chi connectivity index (χ0v) is 12.4. The summed E-state index contributed by atoms with van der Waals surface area (Å²) in [6, 6.07) is 12.7. The number of amides is 1. The van der Waals surface area contributed by atoms with Crippen LogP contribution >= 0.6 is 0 Å². The van der Waals surface area contributed by atoms with E-state index in [2.05, 4.69) is 10.4 Å². The molecule has 0 saturated heterocycles. The van der Waals surface area contributed by atoms with Crippen molar-refractivity contribution in [2.24, 2.45) is 0 Å². The van der Waals surface area contributed by atoms with E-state index in [0.29, 0.717) is 12.2 Å². The number of hydrogen-bond donors (Lipinski definition) is 1. The minimum absolute atomic E-state index is 0.200. The summed E-state index contributed by atoms with van der Waals surface area (Å²) in [4.78, 5) is 24.1. The third-order valence-corrected chi connectivity index (χ3v) is 3.96. The van der Waals surface area contributed by atoms with Crippen molar-refractivity contribution in [3.05, 3.63) is 64.1 Å². The SMILES string of the molecule is O=C(NC1CCCC1)c1ccc(=O)n(Cc2ccccc2)n1. The first kappa shape index (κ1) is 14.5. The molecule has 1 N–H and O–H groups in total. The maximum Gasteiger partial charge on any atom is 0.271 e. The van der Waals surface area contributed by atoms with E-state index < -0.39 is 0 Å². The minimum atomic E-state index is -0.207. The average Bonchev–Trinajstić information content (AvgIpc) is 3.03. The molecular weight excluding hydrogens is 278 g/mol. The summed E-state index contributed by atoms with van der Waals surface area (Å²) in [7, 11) is 0. The molecular formula is C17H19N3O2. The highest BCUT2D eigenvalue weighted by molar-refractivity contribution is 5.92. The van der Waals surface area contributed by atoms with Crippen LogP contribution in [0.25, 0.3) is 0 Å². The lowest BCUT2D eigenvalue weighted by atomic mass is 10.2. The first-order valence-electron chi connectivity index (χ1n) is 7.65. The Bertz CT molecular complexity index is 703. The maximum atomic E-state index is 12.2. The van der Waals surface area contributed by atoms with E-state index in [4.69, 9.17) is 0 Å². The quantitative estimate of drug-likeness (QED) is 0.938. The molecule has 114 valence electrons. The molecule has 1 aliphatic rings. The van der Waals surface area contributed by atoms with Crippen molar-refractivity contribution >= 4 is 5.91 Å². The molecule has 22 heavy (non-hydrogen) atoms. The van der Waals surface area contributed by atoms with E-state index in [9.17, 15) is 9.59 Å². The minimum Gasteiger partial charge on any atom is -0.348 e. The summed E-state index contributed by atoms with van der Waals surface area (Å²) in [5.41, 5.74) is 1.06. The number of hydrogen-bond acceptors (Lipinski definition) is 3. The number of carbonyl (C=O) groups excluding carboxylic acids is 1. The summed E-state index contributed by atoms with van der Waals surface area (Å²) >= 11 is 0. The van der Waals surface area contributed by atoms with Crippen LogP contribution in [-0.4, -0.2) is 21.7 Å². The Morgan fingerprint density at radius 1 is 1.14 bits per heavy atom. The van der Waals surface area contributed by atoms with E-state index in [1.807, 2.05) is 30.3 Å². The standard InChI is InChI=1S/C17H19N3O2/c21-16-11-10-15(17(22)18-14-8-4-5-9-14)19-20(16)12-13-6-2-1-3-7-13/h1-3,6-7,10-11,14H,4-5,8-9,12H2,(H,18,22). The van der Waals surface area contributed by atoms with Crippen molar-refractivity contribution in [3.63, 3.8) is 0 Å². The number of nitrogens with one attached hydrogen (secondary N) is 1. The fraction of sp³-hybridized carbons (Fsp3) is 0.353. The maximum absolute atomic E-state index is 12.2. The van der Waals surface area contributed by atoms with E-state index in [1.165, 1.54) is 16.8 Å². The largest absolute Gasteiger partial charge is 0.348 e. The Balaban J connectivity index is 1.77. The molecule has 0 aliphatic heterocycles. The number of benzene rings is 1. The van der Waals surface area contributed by atoms with Gasteiger partial charge in [0.1, 0.15) is 5.69 Å². The normalized spacial score (nSPS) is 14.9. The summed E-state index contributed by atoms with van der Waals surface area (Å²) in [6.07, 6.45) is 4.36. The summed E-state index contributed by atoms with van der Waals surface area (Å²) < 4.78 is 1.33. The Kier molecular flexibility index (Phi) is 4.32. The number of aromatic nitrogens is 2. The van der Waals surface area contributed by atoms with Crippen molar-refractivity contribution < 1.29 is 4.79 Å². The molecule has 0 bridgehead atoms. The number of nitrogens with zero attached hydrogens (tertiary/aromatic N) is 2. The molecule has 1 heterocycles. The summed E-state index contributed by atoms with van der Waals surface area (Å²) in [5.74, 6) is -0.200. The van der Waals surface area contributed by atoms with Gasteiger partial charge in [0.25, 0.3) is 11.5 Å². The van der Waals surface area contributed by atoms with Gasteiger partial charge in [0.05, 0.1) is 6.54 Å². The first-order chi connectivity index (χ1) is 10.7. The molecule has 1 fully saturated rings. The second kappa shape index (κ2) is 6.56. The topological polar surface area (TPSA) is 64.0 Å². The van der Waals surface area contributed by atoms with Crippen LogP contribution < -0.4 is 10.9 Å². The molecule has 1 aromatic carbocycles. The molecule has 0 spiro atoms. The average molecular weight is 297 g/mol. The summed E-state index contributed by atoms with van der Waals surface area (Å²) in [5, 5.41) is 7.19. The monoisotopic (exact) mass is 297 g/mol. The van der Waals surface area contributed by atoms with E-state index in [0.717, 1.165) is 31.2 Å². The highest BCUT2D eigenvalue weighted by atomic mass is 16.2. The summed E-state index contributed by atoms with van der Waals surface area (Å²) in [6.45, 7) is 0.365. The molecule has 5 nitrogen and oxygen atoms in total. The Hall–Kier alpha value is -2.43. The Labute approximate surface area is 129 Å². The third kappa shape index (κ3) is 3.42. The van der Waals surface area contributed by atoms with Crippen molar-refractivity contribution in [2.45, 2.75) is 38.3 Å². The van der Waals surface area contributed by atoms with E-state index in [-0.39, 0.29) is 17.5 Å². The van der Waals surface area contributed by atoms with E-state index in [1.54, 1.807) is 0 Å². The number of carbonyl (C=O) groups is 1. The van der Waals surface area contributed by atoms with Gasteiger partial charge in [0.2, 0.25) is 0 Å². The van der Waals surface area contributed by atoms with Crippen molar-refractivity contribution in [1.29, 1.82) is 0 Å². The smallest absolute Gasteiger partial charge is 0.271 e. The predicted molar refractivity (Wildman–Crippen MR) is 83.8 cm³/mol. The second-order valence-electron chi connectivity index (χ2n) is 5.65. The van der Waals surface area contributed by atoms with Crippen LogP contribution in [-0.2, 0) is 6.54 Å². The highest BCUT2D eigenvalue weighted by Crippen LogP contribution is 2.17. The first-order valence-corrected chi connectivity index (χ1v) is 7.65. The van der Waals surface area contributed by atoms with Gasteiger partial charge in [-0.1, -0.05) is 43.2 Å². The van der Waals surface area contributed by atoms with Gasteiger partial charge < -0.3 is 5.32 Å². The molecule has 1 aliphatic carbocycles. The van der Waals surface area contributed by atoms with Gasteiger partial charge in [-0.15, -0.1) is 0 Å². The lowest BCUT2D eigenvalue weighted by molar-refractivity contribution is 0.0930. The third-order valence-electron chi connectivity index (χ3n) is 3.96. The fourth-order valence-electron chi connectivity index (χ4n) is 2.77. The molecule has 1 amide bonds. The zero-order chi connectivity index (χ0) is 15.4. The van der Waals surface area contributed by atoms with Crippen molar-refractivity contribution in [2.75, 3.05) is 0 Å². The predicted octanol–water partition coefficient (Wildman–Crippen LogP) is 1.96. The van der Waals surface area contributed by atoms with Gasteiger partial charge in [0.15, 0.2) is 0 Å². The Morgan fingerprint density at radius 3 is 2.59 bits per heavy atom. The molecule has 2 aromatic rings. The van der Waals surface area contributed by atoms with Crippen molar-refractivity contribution in [1.82, 2.24) is 15.1 Å².